The predicted octanol–water partition coefficient (Wildman–Crippen LogP) is 2.07. The molecule has 0 aliphatic carbocycles. The van der Waals surface area contributed by atoms with Crippen molar-refractivity contribution in [2.45, 2.75) is 0 Å². The Morgan fingerprint density at radius 2 is 1.73 bits per heavy atom. The average molecular weight is 221 g/mol. The van der Waals surface area contributed by atoms with E-state index in [1.165, 1.54) is 0 Å². The van der Waals surface area contributed by atoms with E-state index in [-0.39, 0.29) is 0 Å². The van der Waals surface area contributed by atoms with E-state index in [1.807, 2.05) is 0 Å². The fourth-order valence-corrected chi connectivity index (χ4v) is 0.581. The Bertz CT molecular complexity index is 213. The number of aromatic carboxylic acids is 1. The van der Waals surface area contributed by atoms with Crippen molar-refractivity contribution in [1.82, 2.24) is 0 Å². The van der Waals surface area contributed by atoms with E-state index in [9.17, 15) is 4.79 Å². The SMILES string of the molecule is O=C(O)c1ccccc1.[Cl][Cu]. The van der Waals surface area contributed by atoms with E-state index in [0.29, 0.717) is 5.56 Å². The minimum absolute atomic E-state index is 0.331. The summed E-state index contributed by atoms with van der Waals surface area (Å²) in [6.07, 6.45) is 0. The maximum absolute atomic E-state index is 10.2. The fourth-order valence-electron chi connectivity index (χ4n) is 0.581. The first-order valence-electron chi connectivity index (χ1n) is 2.70. The summed E-state index contributed by atoms with van der Waals surface area (Å²) in [6.45, 7) is 0. The summed E-state index contributed by atoms with van der Waals surface area (Å²) in [7, 11) is 4.20. The van der Waals surface area contributed by atoms with Crippen molar-refractivity contribution in [3.8, 4) is 0 Å². The van der Waals surface area contributed by atoms with Gasteiger partial charge in [0.25, 0.3) is 0 Å². The Labute approximate surface area is 77.2 Å². The van der Waals surface area contributed by atoms with Crippen LogP contribution in [0, 0.1) is 0 Å². The van der Waals surface area contributed by atoms with E-state index in [4.69, 9.17) is 5.11 Å². The summed E-state index contributed by atoms with van der Waals surface area (Å²) < 4.78 is 0. The van der Waals surface area contributed by atoms with Crippen LogP contribution in [0.15, 0.2) is 30.3 Å². The summed E-state index contributed by atoms with van der Waals surface area (Å²) in [5.74, 6) is -0.879. The predicted molar refractivity (Wildman–Crippen MR) is 39.3 cm³/mol. The molecule has 0 heterocycles. The molecule has 0 bridgehead atoms. The second kappa shape index (κ2) is 6.23. The molecule has 1 aromatic rings. The molecule has 0 aliphatic heterocycles. The summed E-state index contributed by atoms with van der Waals surface area (Å²) in [4.78, 5) is 10.2. The van der Waals surface area contributed by atoms with E-state index in [0.717, 1.165) is 0 Å². The van der Waals surface area contributed by atoms with Crippen LogP contribution >= 0.6 is 10.1 Å². The van der Waals surface area contributed by atoms with Gasteiger partial charge in [0, 0.05) is 0 Å². The van der Waals surface area contributed by atoms with Gasteiger partial charge in [-0.3, -0.25) is 0 Å². The van der Waals surface area contributed by atoms with Crippen molar-refractivity contribution in [3.05, 3.63) is 35.9 Å². The molecule has 0 saturated carbocycles. The molecule has 2 nitrogen and oxygen atoms in total. The summed E-state index contributed by atoms with van der Waals surface area (Å²) in [5, 5.41) is 8.38. The van der Waals surface area contributed by atoms with Gasteiger partial charge in [-0.2, -0.15) is 0 Å². The molecule has 1 N–H and O–H groups in total. The van der Waals surface area contributed by atoms with Gasteiger partial charge in [0.15, 0.2) is 0 Å². The van der Waals surface area contributed by atoms with E-state index in [1.54, 1.807) is 30.3 Å². The summed E-state index contributed by atoms with van der Waals surface area (Å²) in [6, 6.07) is 8.30. The van der Waals surface area contributed by atoms with Crippen LogP contribution in [0.2, 0.25) is 0 Å². The van der Waals surface area contributed by atoms with Crippen molar-refractivity contribution in [3.63, 3.8) is 0 Å². The van der Waals surface area contributed by atoms with Crippen LogP contribution in [0.3, 0.4) is 0 Å². The van der Waals surface area contributed by atoms with Gasteiger partial charge in [-0.1, -0.05) is 18.2 Å². The minimum atomic E-state index is -0.879. The molecular formula is C7H6ClCuO2. The van der Waals surface area contributed by atoms with Crippen molar-refractivity contribution in [2.75, 3.05) is 0 Å². The molecule has 0 aliphatic rings. The molecule has 0 fully saturated rings. The molecule has 0 spiro atoms. The molecule has 64 valence electrons. The number of halogens is 1. The van der Waals surface area contributed by atoms with Crippen molar-refractivity contribution >= 4 is 16.1 Å². The normalized spacial score (nSPS) is 7.91. The number of hydrogen-bond donors (Lipinski definition) is 1. The molecule has 0 saturated heterocycles. The first-order chi connectivity index (χ1) is 5.30. The number of hydrogen-bond acceptors (Lipinski definition) is 1. The molecule has 0 aromatic heterocycles. The van der Waals surface area contributed by atoms with E-state index >= 15 is 0 Å². The molecule has 1 rings (SSSR count). The summed E-state index contributed by atoms with van der Waals surface area (Å²) >= 11 is 3.66. The van der Waals surface area contributed by atoms with Gasteiger partial charge in [-0.15, -0.1) is 0 Å². The second-order valence-electron chi connectivity index (χ2n) is 1.67. The number of carbonyl (C=O) groups is 1. The first-order valence-corrected chi connectivity index (χ1v) is 4.00. The Balaban J connectivity index is 0.000000461. The Kier molecular flexibility index (Phi) is 5.94. The quantitative estimate of drug-likeness (QED) is 0.737. The molecule has 11 heavy (non-hydrogen) atoms. The Hall–Kier alpha value is -0.501. The van der Waals surface area contributed by atoms with Gasteiger partial charge in [-0.05, 0) is 12.1 Å². The van der Waals surface area contributed by atoms with Gasteiger partial charge < -0.3 is 5.11 Å². The third kappa shape index (κ3) is 4.04. The van der Waals surface area contributed by atoms with E-state index in [2.05, 4.69) is 25.2 Å². The number of benzene rings is 1. The van der Waals surface area contributed by atoms with Crippen molar-refractivity contribution < 1.29 is 25.0 Å². The van der Waals surface area contributed by atoms with Crippen LogP contribution in [0.5, 0.6) is 0 Å². The third-order valence-corrected chi connectivity index (χ3v) is 1.02. The fraction of sp³-hybridized carbons (Fsp3) is 0. The maximum atomic E-state index is 10.2. The van der Waals surface area contributed by atoms with Crippen LogP contribution in [0.1, 0.15) is 10.4 Å². The van der Waals surface area contributed by atoms with Crippen molar-refractivity contribution in [2.24, 2.45) is 0 Å². The van der Waals surface area contributed by atoms with Crippen molar-refractivity contribution in [1.29, 1.82) is 0 Å². The zero-order chi connectivity index (χ0) is 8.69. The van der Waals surface area contributed by atoms with Gasteiger partial charge in [-0.25, -0.2) is 4.79 Å². The summed E-state index contributed by atoms with van der Waals surface area (Å²) in [5.41, 5.74) is 0.331. The van der Waals surface area contributed by atoms with E-state index < -0.39 is 5.97 Å². The van der Waals surface area contributed by atoms with Gasteiger partial charge >= 0.3 is 31.2 Å². The van der Waals surface area contributed by atoms with Crippen LogP contribution in [-0.4, -0.2) is 11.1 Å². The molecule has 0 amide bonds. The Morgan fingerprint density at radius 3 is 2.00 bits per heavy atom. The van der Waals surface area contributed by atoms with Gasteiger partial charge in [0.2, 0.25) is 0 Å². The van der Waals surface area contributed by atoms with Crippen LogP contribution in [-0.2, 0) is 15.1 Å². The standard InChI is InChI=1S/C7H6O2.ClH.Cu/c8-7(9)6-4-2-1-3-5-6;;/h1-5H,(H,8,9);1H;/q;;+1/p-1. The number of carboxylic acids is 1. The average Bonchev–Trinajstić information content (AvgIpc) is 2.10. The molecule has 0 radical (unpaired) electrons. The molecule has 0 unspecified atom stereocenters. The van der Waals surface area contributed by atoms with Gasteiger partial charge in [0.1, 0.15) is 0 Å². The number of carboxylic acid groups (broad SMARTS) is 1. The number of rotatable bonds is 1. The third-order valence-electron chi connectivity index (χ3n) is 1.02. The Morgan fingerprint density at radius 1 is 1.27 bits per heavy atom. The zero-order valence-electron chi connectivity index (χ0n) is 5.42. The first kappa shape index (κ1) is 10.5. The monoisotopic (exact) mass is 220 g/mol. The molecule has 4 heteroatoms. The van der Waals surface area contributed by atoms with Crippen LogP contribution in [0.4, 0.5) is 0 Å². The topological polar surface area (TPSA) is 37.3 Å². The van der Waals surface area contributed by atoms with Gasteiger partial charge in [0.05, 0.1) is 5.56 Å². The van der Waals surface area contributed by atoms with Crippen LogP contribution in [0.25, 0.3) is 0 Å². The van der Waals surface area contributed by atoms with Crippen LogP contribution < -0.4 is 0 Å². The molecule has 1 aromatic carbocycles. The second-order valence-corrected chi connectivity index (χ2v) is 1.67. The molecular weight excluding hydrogens is 215 g/mol. The zero-order valence-corrected chi connectivity index (χ0v) is 7.12. The molecule has 0 atom stereocenters.